The summed E-state index contributed by atoms with van der Waals surface area (Å²) in [5.74, 6) is -5.02. The van der Waals surface area contributed by atoms with Crippen LogP contribution in [-0.4, -0.2) is 43.9 Å². The number of carbonyl (C=O) groups is 3. The minimum Gasteiger partial charge on any atom is -0.481 e. The van der Waals surface area contributed by atoms with Crippen LogP contribution in [0.25, 0.3) is 0 Å². The fourth-order valence-electron chi connectivity index (χ4n) is 0.917. The normalized spacial score (nSPS) is 10.9. The van der Waals surface area contributed by atoms with Crippen LogP contribution in [0, 0.1) is 0 Å². The van der Waals surface area contributed by atoms with E-state index in [1.54, 1.807) is 12.5 Å². The van der Waals surface area contributed by atoms with Crippen molar-refractivity contribution in [3.63, 3.8) is 0 Å². The first-order chi connectivity index (χ1) is 9.19. The molecular weight excluding hydrogens is 272 g/mol. The van der Waals surface area contributed by atoms with E-state index in [9.17, 15) is 14.4 Å². The highest BCUT2D eigenvalue weighted by Gasteiger charge is 2.40. The highest BCUT2D eigenvalue weighted by atomic mass is 16.5. The van der Waals surface area contributed by atoms with E-state index in [0.717, 1.165) is 0 Å². The van der Waals surface area contributed by atoms with E-state index in [1.165, 1.54) is 0 Å². The van der Waals surface area contributed by atoms with E-state index >= 15 is 0 Å². The van der Waals surface area contributed by atoms with Gasteiger partial charge in [-0.25, -0.2) is 4.79 Å². The maximum atomic E-state index is 10.3. The Labute approximate surface area is 115 Å². The highest BCUT2D eigenvalue weighted by molar-refractivity contribution is 5.88. The molecule has 0 radical (unpaired) electrons. The number of aliphatic hydroxyl groups is 1. The molecular formula is C12H18O8. The van der Waals surface area contributed by atoms with E-state index in [0.29, 0.717) is 0 Å². The zero-order chi connectivity index (χ0) is 16.2. The van der Waals surface area contributed by atoms with E-state index in [-0.39, 0.29) is 0 Å². The molecule has 0 atom stereocenters. The van der Waals surface area contributed by atoms with E-state index < -0.39 is 36.4 Å². The first kappa shape index (κ1) is 20.0. The molecule has 0 aromatic heterocycles. The summed E-state index contributed by atoms with van der Waals surface area (Å²) in [5, 5.41) is 33.8. The van der Waals surface area contributed by atoms with Crippen molar-refractivity contribution in [3.8, 4) is 0 Å². The van der Waals surface area contributed by atoms with Crippen LogP contribution in [-0.2, 0) is 19.1 Å². The van der Waals surface area contributed by atoms with E-state index in [1.807, 2.05) is 26.0 Å². The number of hydrogen-bond donors (Lipinski definition) is 4. The van der Waals surface area contributed by atoms with E-state index in [2.05, 4.69) is 0 Å². The average molecular weight is 290 g/mol. The molecule has 0 aliphatic heterocycles. The van der Waals surface area contributed by atoms with Crippen molar-refractivity contribution in [2.75, 3.05) is 0 Å². The Balaban J connectivity index is 0. The van der Waals surface area contributed by atoms with Crippen LogP contribution in [0.1, 0.15) is 26.7 Å². The van der Waals surface area contributed by atoms with Crippen LogP contribution in [0.3, 0.4) is 0 Å². The molecule has 0 spiro atoms. The van der Waals surface area contributed by atoms with Gasteiger partial charge in [-0.15, -0.1) is 0 Å². The number of allylic oxidation sites excluding steroid dienone is 2. The van der Waals surface area contributed by atoms with Crippen molar-refractivity contribution < 1.29 is 39.5 Å². The number of aliphatic carboxylic acids is 3. The lowest BCUT2D eigenvalue weighted by atomic mass is 9.96. The molecule has 0 fully saturated rings. The first-order valence-corrected chi connectivity index (χ1v) is 5.46. The molecule has 20 heavy (non-hydrogen) atoms. The molecule has 8 nitrogen and oxygen atoms in total. The fraction of sp³-hybridized carbons (Fsp3) is 0.417. The molecule has 4 N–H and O–H groups in total. The van der Waals surface area contributed by atoms with Gasteiger partial charge in [0.05, 0.1) is 25.4 Å². The number of rotatable bonds is 7. The zero-order valence-electron chi connectivity index (χ0n) is 11.1. The largest absolute Gasteiger partial charge is 0.481 e. The molecule has 0 aliphatic rings. The summed E-state index contributed by atoms with van der Waals surface area (Å²) in [6.07, 6.45) is 4.63. The second-order valence-corrected chi connectivity index (χ2v) is 3.55. The summed E-state index contributed by atoms with van der Waals surface area (Å²) in [5.41, 5.74) is -2.74. The molecule has 0 heterocycles. The van der Waals surface area contributed by atoms with Crippen LogP contribution >= 0.6 is 0 Å². The molecule has 0 aromatic carbocycles. The Morgan fingerprint density at radius 1 is 0.950 bits per heavy atom. The Kier molecular flexibility index (Phi) is 10.5. The number of carboxylic acids is 3. The van der Waals surface area contributed by atoms with Gasteiger partial charge < -0.3 is 25.2 Å². The molecule has 8 heteroatoms. The van der Waals surface area contributed by atoms with Gasteiger partial charge in [0.15, 0.2) is 5.60 Å². The van der Waals surface area contributed by atoms with Crippen LogP contribution < -0.4 is 0 Å². The van der Waals surface area contributed by atoms with Gasteiger partial charge in [0.1, 0.15) is 0 Å². The lowest BCUT2D eigenvalue weighted by molar-refractivity contribution is -0.170. The zero-order valence-corrected chi connectivity index (χ0v) is 11.1. The highest BCUT2D eigenvalue weighted by Crippen LogP contribution is 2.15. The summed E-state index contributed by atoms with van der Waals surface area (Å²) >= 11 is 0. The van der Waals surface area contributed by atoms with Gasteiger partial charge in [0.25, 0.3) is 0 Å². The van der Waals surface area contributed by atoms with Crippen molar-refractivity contribution in [1.82, 2.24) is 0 Å². The van der Waals surface area contributed by atoms with Crippen LogP contribution in [0.5, 0.6) is 0 Å². The third kappa shape index (κ3) is 10.8. The minimum atomic E-state index is -2.74. The summed E-state index contributed by atoms with van der Waals surface area (Å²) in [7, 11) is 0. The van der Waals surface area contributed by atoms with Gasteiger partial charge in [0.2, 0.25) is 0 Å². The van der Waals surface area contributed by atoms with Crippen LogP contribution in [0.2, 0.25) is 0 Å². The Morgan fingerprint density at radius 2 is 1.30 bits per heavy atom. The van der Waals surface area contributed by atoms with Gasteiger partial charge in [0, 0.05) is 0 Å². The lowest BCUT2D eigenvalue weighted by Crippen LogP contribution is -2.42. The topological polar surface area (TPSA) is 141 Å². The standard InChI is InChI=1S/C6H8O7.C6H10O/c7-3(8)1-6(13,5(11)12)2-4(9)10;1-3-5-7-6-4-2/h13H,1-2H2,(H,7,8)(H,9,10)(H,11,12);3-6H,1-2H3. The second-order valence-electron chi connectivity index (χ2n) is 3.55. The third-order valence-corrected chi connectivity index (χ3v) is 1.71. The summed E-state index contributed by atoms with van der Waals surface area (Å²) < 4.78 is 4.77. The van der Waals surface area contributed by atoms with Gasteiger partial charge >= 0.3 is 17.9 Å². The van der Waals surface area contributed by atoms with Gasteiger partial charge in [-0.3, -0.25) is 9.59 Å². The van der Waals surface area contributed by atoms with Crippen molar-refractivity contribution in [3.05, 3.63) is 24.7 Å². The maximum absolute atomic E-state index is 10.3. The molecule has 0 rings (SSSR count). The van der Waals surface area contributed by atoms with Crippen LogP contribution in [0.4, 0.5) is 0 Å². The molecule has 0 unspecified atom stereocenters. The molecule has 0 amide bonds. The van der Waals surface area contributed by atoms with Crippen molar-refractivity contribution >= 4 is 17.9 Å². The Morgan fingerprint density at radius 3 is 1.50 bits per heavy atom. The van der Waals surface area contributed by atoms with Gasteiger partial charge in [-0.1, -0.05) is 12.2 Å². The molecule has 0 saturated heterocycles. The second kappa shape index (κ2) is 10.6. The molecule has 0 bridgehead atoms. The summed E-state index contributed by atoms with van der Waals surface area (Å²) in [4.78, 5) is 30.5. The predicted octanol–water partition coefficient (Wildman–Crippen LogP) is 0.822. The number of ether oxygens (including phenoxy) is 1. The quantitative estimate of drug-likeness (QED) is 0.505. The number of carboxylic acid groups (broad SMARTS) is 3. The lowest BCUT2D eigenvalue weighted by Gasteiger charge is -2.18. The SMILES string of the molecule is CC=COC=CC.O=C(O)CC(O)(CC(=O)O)C(=O)O. The summed E-state index contributed by atoms with van der Waals surface area (Å²) in [6, 6.07) is 0. The Bertz CT molecular complexity index is 357. The maximum Gasteiger partial charge on any atom is 0.336 e. The Hall–Kier alpha value is -2.35. The molecule has 0 saturated carbocycles. The monoisotopic (exact) mass is 290 g/mol. The smallest absolute Gasteiger partial charge is 0.336 e. The first-order valence-electron chi connectivity index (χ1n) is 5.46. The van der Waals surface area contributed by atoms with Crippen molar-refractivity contribution in [1.29, 1.82) is 0 Å². The van der Waals surface area contributed by atoms with Crippen LogP contribution in [0.15, 0.2) is 24.7 Å². The third-order valence-electron chi connectivity index (χ3n) is 1.71. The van der Waals surface area contributed by atoms with Gasteiger partial charge in [-0.2, -0.15) is 0 Å². The fourth-order valence-corrected chi connectivity index (χ4v) is 0.917. The van der Waals surface area contributed by atoms with Crippen molar-refractivity contribution in [2.45, 2.75) is 32.3 Å². The van der Waals surface area contributed by atoms with Gasteiger partial charge in [-0.05, 0) is 13.8 Å². The average Bonchev–Trinajstić information content (AvgIpc) is 2.28. The molecule has 0 aliphatic carbocycles. The number of hydrogen-bond acceptors (Lipinski definition) is 5. The minimum absolute atomic E-state index is 1.14. The predicted molar refractivity (Wildman–Crippen MR) is 67.8 cm³/mol. The van der Waals surface area contributed by atoms with Crippen molar-refractivity contribution in [2.24, 2.45) is 0 Å². The summed E-state index contributed by atoms with van der Waals surface area (Å²) in [6.45, 7) is 3.81. The molecule has 114 valence electrons. The molecule has 0 aromatic rings. The van der Waals surface area contributed by atoms with E-state index in [4.69, 9.17) is 25.2 Å².